The lowest BCUT2D eigenvalue weighted by molar-refractivity contribution is -0.414. The lowest BCUT2D eigenvalue weighted by Gasteiger charge is -2.47. The van der Waals surface area contributed by atoms with E-state index in [0.29, 0.717) is 12.1 Å². The van der Waals surface area contributed by atoms with E-state index in [2.05, 4.69) is 121 Å². The maximum Gasteiger partial charge on any atom is 0.287 e. The van der Waals surface area contributed by atoms with E-state index < -0.39 is 10.5 Å². The van der Waals surface area contributed by atoms with Crippen molar-refractivity contribution in [3.63, 3.8) is 0 Å². The van der Waals surface area contributed by atoms with E-state index in [1.165, 1.54) is 30.1 Å². The maximum absolute atomic E-state index is 11.3. The predicted molar refractivity (Wildman–Crippen MR) is 190 cm³/mol. The molecule has 2 aliphatic rings. The molecular formula is C38H43N5O2. The molecule has 1 atom stereocenters. The van der Waals surface area contributed by atoms with Crippen LogP contribution in [0.3, 0.4) is 0 Å². The fourth-order valence-electron chi connectivity index (χ4n) is 5.55. The second kappa shape index (κ2) is 17.2. The van der Waals surface area contributed by atoms with Gasteiger partial charge in [-0.05, 0) is 49.0 Å². The SMILES string of the molecule is C=C/C=C(\C=NCC(=C)N=C1CC(C=NC=C)=C(C)N1C(C1=CC=CC=CC1)(C(/C=C\C)=C/CCC)c1ccccc1)[N+](=O)[O-]. The van der Waals surface area contributed by atoms with E-state index in [-0.39, 0.29) is 12.2 Å². The minimum absolute atomic E-state index is 0.0920. The minimum Gasteiger partial charge on any atom is -0.315 e. The number of nitrogens with zero attached hydrogens (tertiary/aromatic N) is 5. The Morgan fingerprint density at radius 3 is 2.62 bits per heavy atom. The normalized spacial score (nSPS) is 18.2. The third-order valence-electron chi connectivity index (χ3n) is 7.43. The standard InChI is InChI=1S/C38H43N5O2/c1-7-11-21-33(19-8-2)38(35-24-17-14-18-25-35,34-22-15-12-13-16-23-34)42-31(6)32(28-39-10-4)26-37(42)41-30(5)27-40-29-36(20-9-3)43(44)45/h8-10,12-22,24-25,28-29H,3-5,7,11,23,26-27H2,1-2,6H3/b19-8-,33-21+,36-20+,39-28?,40-29?,41-37?. The molecule has 0 saturated heterocycles. The van der Waals surface area contributed by atoms with Crippen LogP contribution in [0.15, 0.2) is 166 Å². The van der Waals surface area contributed by atoms with Gasteiger partial charge in [0, 0.05) is 30.6 Å². The van der Waals surface area contributed by atoms with E-state index in [4.69, 9.17) is 4.99 Å². The van der Waals surface area contributed by atoms with E-state index >= 15 is 0 Å². The molecule has 0 bridgehead atoms. The largest absolute Gasteiger partial charge is 0.315 e. The average molecular weight is 602 g/mol. The van der Waals surface area contributed by atoms with Gasteiger partial charge in [-0.25, -0.2) is 4.99 Å². The van der Waals surface area contributed by atoms with Crippen LogP contribution in [0.25, 0.3) is 0 Å². The molecule has 1 aliphatic carbocycles. The number of rotatable bonds is 15. The van der Waals surface area contributed by atoms with Crippen molar-refractivity contribution in [2.24, 2.45) is 15.0 Å². The summed E-state index contributed by atoms with van der Waals surface area (Å²) in [6, 6.07) is 10.5. The van der Waals surface area contributed by atoms with Crippen LogP contribution in [0.1, 0.15) is 52.0 Å². The summed E-state index contributed by atoms with van der Waals surface area (Å²) in [5.41, 5.74) is 4.99. The van der Waals surface area contributed by atoms with Crippen LogP contribution in [-0.2, 0) is 5.54 Å². The van der Waals surface area contributed by atoms with Crippen molar-refractivity contribution < 1.29 is 4.92 Å². The highest BCUT2D eigenvalue weighted by Crippen LogP contribution is 2.50. The quantitative estimate of drug-likeness (QED) is 0.0870. The van der Waals surface area contributed by atoms with Gasteiger partial charge in [0.05, 0.1) is 23.4 Å². The number of benzene rings is 1. The molecule has 0 spiro atoms. The van der Waals surface area contributed by atoms with E-state index in [0.717, 1.165) is 47.5 Å². The molecule has 3 rings (SSSR count). The van der Waals surface area contributed by atoms with Crippen molar-refractivity contribution in [2.45, 2.75) is 52.0 Å². The van der Waals surface area contributed by atoms with Crippen molar-refractivity contribution in [1.29, 1.82) is 0 Å². The Morgan fingerprint density at radius 2 is 1.96 bits per heavy atom. The van der Waals surface area contributed by atoms with Gasteiger partial charge in [0.15, 0.2) is 0 Å². The molecule has 0 N–H and O–H groups in total. The van der Waals surface area contributed by atoms with Gasteiger partial charge in [-0.15, -0.1) is 0 Å². The maximum atomic E-state index is 11.3. The van der Waals surface area contributed by atoms with Crippen molar-refractivity contribution in [2.75, 3.05) is 6.54 Å². The van der Waals surface area contributed by atoms with Gasteiger partial charge < -0.3 is 4.90 Å². The summed E-state index contributed by atoms with van der Waals surface area (Å²) in [6.45, 7) is 17.9. The smallest absolute Gasteiger partial charge is 0.287 e. The Morgan fingerprint density at radius 1 is 1.18 bits per heavy atom. The van der Waals surface area contributed by atoms with Crippen molar-refractivity contribution in [3.8, 4) is 0 Å². The Bertz CT molecular complexity index is 1580. The topological polar surface area (TPSA) is 83.5 Å². The van der Waals surface area contributed by atoms with Gasteiger partial charge >= 0.3 is 0 Å². The first kappa shape index (κ1) is 34.3. The zero-order valence-electron chi connectivity index (χ0n) is 26.6. The van der Waals surface area contributed by atoms with Gasteiger partial charge in [-0.3, -0.25) is 20.1 Å². The first-order valence-electron chi connectivity index (χ1n) is 15.1. The average Bonchev–Trinajstić information content (AvgIpc) is 3.18. The van der Waals surface area contributed by atoms with Crippen LogP contribution in [-0.4, -0.2) is 34.6 Å². The third-order valence-corrected chi connectivity index (χ3v) is 7.43. The highest BCUT2D eigenvalue weighted by Gasteiger charge is 2.48. The summed E-state index contributed by atoms with van der Waals surface area (Å²) in [5, 5.41) is 11.3. The van der Waals surface area contributed by atoms with Crippen LogP contribution in [0.2, 0.25) is 0 Å². The first-order valence-corrected chi connectivity index (χ1v) is 15.1. The van der Waals surface area contributed by atoms with Crippen molar-refractivity contribution >= 4 is 18.3 Å². The Kier molecular flexibility index (Phi) is 13.1. The van der Waals surface area contributed by atoms with Crippen LogP contribution < -0.4 is 0 Å². The number of unbranched alkanes of at least 4 members (excludes halogenated alkanes) is 1. The summed E-state index contributed by atoms with van der Waals surface area (Å²) < 4.78 is 0. The summed E-state index contributed by atoms with van der Waals surface area (Å²) in [4.78, 5) is 26.9. The lowest BCUT2D eigenvalue weighted by Crippen LogP contribution is -2.49. The van der Waals surface area contributed by atoms with Crippen LogP contribution in [0.5, 0.6) is 0 Å². The summed E-state index contributed by atoms with van der Waals surface area (Å²) in [6.07, 6.45) is 27.6. The second-order valence-corrected chi connectivity index (χ2v) is 10.5. The summed E-state index contributed by atoms with van der Waals surface area (Å²) in [5.74, 6) is 0.781. The molecule has 1 aliphatic heterocycles. The zero-order valence-corrected chi connectivity index (χ0v) is 26.6. The Balaban J connectivity index is 2.36. The molecule has 0 saturated carbocycles. The Hall–Kier alpha value is -5.17. The van der Waals surface area contributed by atoms with Gasteiger partial charge in [-0.1, -0.05) is 118 Å². The summed E-state index contributed by atoms with van der Waals surface area (Å²) >= 11 is 0. The molecule has 1 aromatic rings. The molecule has 7 nitrogen and oxygen atoms in total. The minimum atomic E-state index is -0.760. The highest BCUT2D eigenvalue weighted by atomic mass is 16.6. The van der Waals surface area contributed by atoms with E-state index in [1.807, 2.05) is 19.2 Å². The number of amidine groups is 1. The fourth-order valence-corrected chi connectivity index (χ4v) is 5.55. The van der Waals surface area contributed by atoms with Crippen LogP contribution in [0.4, 0.5) is 0 Å². The molecule has 0 radical (unpaired) electrons. The van der Waals surface area contributed by atoms with Crippen LogP contribution in [0, 0.1) is 10.1 Å². The molecule has 0 aromatic heterocycles. The van der Waals surface area contributed by atoms with E-state index in [9.17, 15) is 10.1 Å². The number of nitro groups is 1. The van der Waals surface area contributed by atoms with Gasteiger partial charge in [0.25, 0.3) is 5.70 Å². The summed E-state index contributed by atoms with van der Waals surface area (Å²) in [7, 11) is 0. The van der Waals surface area contributed by atoms with E-state index in [1.54, 1.807) is 0 Å². The fraction of sp³-hybridized carbons (Fsp3) is 0.237. The molecule has 1 unspecified atom stereocenters. The molecule has 7 heteroatoms. The zero-order chi connectivity index (χ0) is 32.7. The Labute approximate surface area is 267 Å². The molecule has 232 valence electrons. The van der Waals surface area contributed by atoms with Gasteiger partial charge in [0.1, 0.15) is 11.4 Å². The molecule has 1 heterocycles. The number of hydrogen-bond donors (Lipinski definition) is 0. The highest BCUT2D eigenvalue weighted by molar-refractivity contribution is 6.00. The lowest BCUT2D eigenvalue weighted by atomic mass is 9.72. The van der Waals surface area contributed by atoms with Crippen LogP contribution >= 0.6 is 0 Å². The molecule has 1 aromatic carbocycles. The number of allylic oxidation sites excluding steroid dienone is 11. The number of hydrogen-bond acceptors (Lipinski definition) is 5. The first-order chi connectivity index (χ1) is 21.8. The second-order valence-electron chi connectivity index (χ2n) is 10.5. The molecule has 0 amide bonds. The van der Waals surface area contributed by atoms with Crippen molar-refractivity contribution in [3.05, 3.63) is 167 Å². The monoisotopic (exact) mass is 601 g/mol. The molecule has 0 fully saturated rings. The molecule has 45 heavy (non-hydrogen) atoms. The number of aliphatic imine (C=N–C) groups is 3. The van der Waals surface area contributed by atoms with Gasteiger partial charge in [-0.2, -0.15) is 0 Å². The predicted octanol–water partition coefficient (Wildman–Crippen LogP) is 9.15. The van der Waals surface area contributed by atoms with Gasteiger partial charge in [0.2, 0.25) is 0 Å². The molecular weight excluding hydrogens is 558 g/mol. The van der Waals surface area contributed by atoms with Crippen molar-refractivity contribution in [1.82, 2.24) is 4.90 Å². The third kappa shape index (κ3) is 8.26.